The molecule has 1 unspecified atom stereocenters. The summed E-state index contributed by atoms with van der Waals surface area (Å²) in [5, 5.41) is 23.7. The molecular weight excluding hydrogens is 395 g/mol. The smallest absolute Gasteiger partial charge is 0.211 e. The predicted molar refractivity (Wildman–Crippen MR) is 116 cm³/mol. The first kappa shape index (κ1) is 19.7. The summed E-state index contributed by atoms with van der Waals surface area (Å²) in [7, 11) is 0. The van der Waals surface area contributed by atoms with Crippen molar-refractivity contribution in [3.05, 3.63) is 70.5 Å². The van der Waals surface area contributed by atoms with Crippen LogP contribution in [0, 0.1) is 35.5 Å². The summed E-state index contributed by atoms with van der Waals surface area (Å²) in [5.41, 5.74) is 16.2. The van der Waals surface area contributed by atoms with Crippen molar-refractivity contribution in [2.24, 2.45) is 4.99 Å². The molecule has 152 valence electrons. The zero-order valence-electron chi connectivity index (χ0n) is 16.4. The van der Waals surface area contributed by atoms with Gasteiger partial charge in [0.15, 0.2) is 6.19 Å². The molecule has 2 heterocycles. The fourth-order valence-electron chi connectivity index (χ4n) is 3.57. The van der Waals surface area contributed by atoms with E-state index in [-0.39, 0.29) is 28.8 Å². The van der Waals surface area contributed by atoms with Crippen molar-refractivity contribution < 1.29 is 4.39 Å². The van der Waals surface area contributed by atoms with Gasteiger partial charge in [-0.05, 0) is 41.3 Å². The average molecular weight is 412 g/mol. The molecule has 6 N–H and O–H groups in total. The van der Waals surface area contributed by atoms with Crippen LogP contribution in [0.4, 0.5) is 21.7 Å². The summed E-state index contributed by atoms with van der Waals surface area (Å²) < 4.78 is 13.7. The van der Waals surface area contributed by atoms with Crippen LogP contribution in [0.5, 0.6) is 0 Å². The van der Waals surface area contributed by atoms with Crippen LogP contribution in [0.2, 0.25) is 0 Å². The van der Waals surface area contributed by atoms with E-state index < -0.39 is 6.04 Å². The molecular formula is C22H17FN8. The third-order valence-electron chi connectivity index (χ3n) is 5.09. The summed E-state index contributed by atoms with van der Waals surface area (Å²) in [5.74, 6) is 0.173. The van der Waals surface area contributed by atoms with Gasteiger partial charge in [-0.25, -0.2) is 14.4 Å². The van der Waals surface area contributed by atoms with Crippen LogP contribution in [0.15, 0.2) is 47.5 Å². The molecule has 0 fully saturated rings. The van der Waals surface area contributed by atoms with Crippen LogP contribution in [0.1, 0.15) is 28.3 Å². The Morgan fingerprint density at radius 3 is 2.55 bits per heavy atom. The highest BCUT2D eigenvalue weighted by Crippen LogP contribution is 2.40. The Morgan fingerprint density at radius 1 is 1.13 bits per heavy atom. The minimum absolute atomic E-state index is 0.0138. The largest absolute Gasteiger partial charge is 0.397 e. The number of guanidine groups is 1. The lowest BCUT2D eigenvalue weighted by Crippen LogP contribution is -2.32. The summed E-state index contributed by atoms with van der Waals surface area (Å²) in [6, 6.07) is 13.4. The maximum atomic E-state index is 13.7. The molecule has 8 nitrogen and oxygen atoms in total. The van der Waals surface area contributed by atoms with Crippen LogP contribution in [-0.2, 0) is 0 Å². The summed E-state index contributed by atoms with van der Waals surface area (Å²) in [4.78, 5) is 8.76. The van der Waals surface area contributed by atoms with E-state index in [1.54, 1.807) is 6.07 Å². The number of hydrogen-bond acceptors (Lipinski definition) is 8. The second-order valence-corrected chi connectivity index (χ2v) is 6.98. The summed E-state index contributed by atoms with van der Waals surface area (Å²) in [6.45, 7) is 1.91. The van der Waals surface area contributed by atoms with Gasteiger partial charge in [0.25, 0.3) is 0 Å². The lowest BCUT2D eigenvalue weighted by atomic mass is 9.93. The minimum atomic E-state index is -0.630. The molecule has 1 aromatic heterocycles. The Hall–Kier alpha value is -4.63. The van der Waals surface area contributed by atoms with Gasteiger partial charge in [0, 0.05) is 5.56 Å². The van der Waals surface area contributed by atoms with E-state index in [9.17, 15) is 9.65 Å². The van der Waals surface area contributed by atoms with Crippen LogP contribution in [0.3, 0.4) is 0 Å². The van der Waals surface area contributed by atoms with Crippen molar-refractivity contribution in [1.29, 1.82) is 10.5 Å². The predicted octanol–water partition coefficient (Wildman–Crippen LogP) is 3.17. The highest BCUT2D eigenvalue weighted by Gasteiger charge is 2.29. The molecule has 9 heteroatoms. The number of pyridine rings is 1. The Morgan fingerprint density at radius 2 is 1.87 bits per heavy atom. The molecule has 2 aromatic carbocycles. The maximum absolute atomic E-state index is 13.7. The second-order valence-electron chi connectivity index (χ2n) is 6.98. The number of halogens is 1. The highest BCUT2D eigenvalue weighted by molar-refractivity contribution is 5.98. The van der Waals surface area contributed by atoms with E-state index in [0.29, 0.717) is 11.4 Å². The van der Waals surface area contributed by atoms with Crippen molar-refractivity contribution >= 4 is 23.3 Å². The zero-order chi connectivity index (χ0) is 22.1. The van der Waals surface area contributed by atoms with Crippen molar-refractivity contribution in [2.75, 3.05) is 16.8 Å². The zero-order valence-corrected chi connectivity index (χ0v) is 16.4. The summed E-state index contributed by atoms with van der Waals surface area (Å²) >= 11 is 0. The molecule has 0 radical (unpaired) electrons. The van der Waals surface area contributed by atoms with Gasteiger partial charge in [-0.2, -0.15) is 10.5 Å². The Labute approximate surface area is 177 Å². The molecule has 4 rings (SSSR count). The Bertz CT molecular complexity index is 1300. The monoisotopic (exact) mass is 412 g/mol. The van der Waals surface area contributed by atoms with Gasteiger partial charge in [0.2, 0.25) is 5.96 Å². The molecule has 0 saturated carbocycles. The molecule has 31 heavy (non-hydrogen) atoms. The molecule has 1 aliphatic heterocycles. The number of hydrogen-bond donors (Lipinski definition) is 4. The number of benzene rings is 2. The van der Waals surface area contributed by atoms with Crippen LogP contribution in [-0.4, -0.2) is 10.9 Å². The van der Waals surface area contributed by atoms with Crippen molar-refractivity contribution in [3.8, 4) is 23.4 Å². The standard InChI is InChI=1S/C22H17FN8/c1-11-2-7-14(23)8-15(11)12-3-5-13(6-4-12)19-17-18(26)16(9-24)20(27)30-21(17)31-22(29-19)28-10-25/h2-8,19H,1H3,(H6,26,27,28,29,30,31). The van der Waals surface area contributed by atoms with Gasteiger partial charge in [-0.1, -0.05) is 30.3 Å². The third-order valence-corrected chi connectivity index (χ3v) is 5.09. The number of nitrogens with zero attached hydrogens (tertiary/aromatic N) is 4. The summed E-state index contributed by atoms with van der Waals surface area (Å²) in [6.07, 6.45) is 1.81. The topological polar surface area (TPSA) is 149 Å². The first-order valence-electron chi connectivity index (χ1n) is 9.28. The third kappa shape index (κ3) is 3.45. The van der Waals surface area contributed by atoms with E-state index in [4.69, 9.17) is 16.7 Å². The number of aryl methyl sites for hydroxylation is 1. The van der Waals surface area contributed by atoms with E-state index >= 15 is 0 Å². The van der Waals surface area contributed by atoms with Gasteiger partial charge in [0.05, 0.1) is 5.69 Å². The maximum Gasteiger partial charge on any atom is 0.211 e. The first-order chi connectivity index (χ1) is 14.9. The number of aromatic nitrogens is 1. The number of nitriles is 2. The van der Waals surface area contributed by atoms with E-state index in [1.807, 2.05) is 43.5 Å². The van der Waals surface area contributed by atoms with Gasteiger partial charge in [-0.3, -0.25) is 5.32 Å². The number of nitrogens with one attached hydrogen (secondary N) is 2. The van der Waals surface area contributed by atoms with Gasteiger partial charge < -0.3 is 16.8 Å². The number of fused-ring (bicyclic) bond motifs is 1. The molecule has 0 aliphatic carbocycles. The number of rotatable bonds is 2. The molecule has 1 aliphatic rings. The molecule has 0 bridgehead atoms. The average Bonchev–Trinajstić information content (AvgIpc) is 2.75. The molecule has 3 aromatic rings. The van der Waals surface area contributed by atoms with Gasteiger partial charge in [0.1, 0.15) is 35.1 Å². The van der Waals surface area contributed by atoms with Gasteiger partial charge in [-0.15, -0.1) is 0 Å². The van der Waals surface area contributed by atoms with Crippen LogP contribution < -0.4 is 22.1 Å². The van der Waals surface area contributed by atoms with E-state index in [0.717, 1.165) is 22.3 Å². The van der Waals surface area contributed by atoms with Gasteiger partial charge >= 0.3 is 0 Å². The lowest BCUT2D eigenvalue weighted by molar-refractivity contribution is 0.628. The Balaban J connectivity index is 1.83. The molecule has 1 atom stereocenters. The van der Waals surface area contributed by atoms with Crippen molar-refractivity contribution in [1.82, 2.24) is 10.3 Å². The molecule has 0 spiro atoms. The number of nitrogens with two attached hydrogens (primary N) is 2. The SMILES string of the molecule is Cc1ccc(F)cc1-c1ccc(C2N=C(NC#N)Nc3nc(N)c(C#N)c(N)c32)cc1. The first-order valence-corrected chi connectivity index (χ1v) is 9.28. The van der Waals surface area contributed by atoms with E-state index in [2.05, 4.69) is 20.6 Å². The van der Waals surface area contributed by atoms with Crippen molar-refractivity contribution in [3.63, 3.8) is 0 Å². The van der Waals surface area contributed by atoms with Crippen molar-refractivity contribution in [2.45, 2.75) is 13.0 Å². The quantitative estimate of drug-likeness (QED) is 0.373. The van der Waals surface area contributed by atoms with Crippen LogP contribution in [0.25, 0.3) is 11.1 Å². The number of aliphatic imine (C=N–C) groups is 1. The fraction of sp³-hybridized carbons (Fsp3) is 0.0909. The number of nitrogen functional groups attached to an aromatic ring is 2. The number of anilines is 3. The Kier molecular flexibility index (Phi) is 4.86. The van der Waals surface area contributed by atoms with Crippen LogP contribution >= 0.6 is 0 Å². The molecule has 0 amide bonds. The fourth-order valence-corrected chi connectivity index (χ4v) is 3.57. The second kappa shape index (κ2) is 7.65. The van der Waals surface area contributed by atoms with E-state index in [1.165, 1.54) is 12.1 Å². The lowest BCUT2D eigenvalue weighted by Gasteiger charge is -2.26. The normalized spacial score (nSPS) is 14.5. The minimum Gasteiger partial charge on any atom is -0.397 e. The molecule has 0 saturated heterocycles. The highest BCUT2D eigenvalue weighted by atomic mass is 19.1.